The van der Waals surface area contributed by atoms with E-state index in [9.17, 15) is 0 Å². The summed E-state index contributed by atoms with van der Waals surface area (Å²) in [6.07, 6.45) is 1.57. The third-order valence-electron chi connectivity index (χ3n) is 1.56. The van der Waals surface area contributed by atoms with Crippen LogP contribution in [0.4, 0.5) is 0 Å². The van der Waals surface area contributed by atoms with Crippen molar-refractivity contribution in [1.29, 1.82) is 5.26 Å². The predicted octanol–water partition coefficient (Wildman–Crippen LogP) is 1.80. The Balaban J connectivity index is 2.21. The average molecular weight is 218 g/mol. The summed E-state index contributed by atoms with van der Waals surface area (Å²) in [7, 11) is 0. The first-order valence-electron chi connectivity index (χ1n) is 4.12. The molecule has 6 heteroatoms. The molecular formula is C9H6N4OS. The van der Waals surface area contributed by atoms with E-state index in [-0.39, 0.29) is 0 Å². The zero-order chi connectivity index (χ0) is 10.7. The van der Waals surface area contributed by atoms with E-state index in [2.05, 4.69) is 15.2 Å². The van der Waals surface area contributed by atoms with Crippen molar-refractivity contribution < 1.29 is 4.42 Å². The molecule has 0 aliphatic rings. The van der Waals surface area contributed by atoms with Crippen molar-refractivity contribution in [2.24, 2.45) is 0 Å². The number of aryl methyl sites for hydroxylation is 1. The molecule has 2 aromatic rings. The molecule has 0 N–H and O–H groups in total. The van der Waals surface area contributed by atoms with Gasteiger partial charge in [-0.15, -0.1) is 10.2 Å². The topological polar surface area (TPSA) is 75.6 Å². The van der Waals surface area contributed by atoms with Gasteiger partial charge < -0.3 is 4.42 Å². The third kappa shape index (κ3) is 2.33. The lowest BCUT2D eigenvalue weighted by Crippen LogP contribution is -1.81. The fourth-order valence-electron chi connectivity index (χ4n) is 0.944. The quantitative estimate of drug-likeness (QED) is 0.765. The minimum atomic E-state index is 0.426. The summed E-state index contributed by atoms with van der Waals surface area (Å²) in [6, 6.07) is 5.35. The van der Waals surface area contributed by atoms with Crippen LogP contribution in [0.15, 0.2) is 33.0 Å². The summed E-state index contributed by atoms with van der Waals surface area (Å²) >= 11 is 1.24. The Labute approximate surface area is 90.2 Å². The van der Waals surface area contributed by atoms with E-state index in [0.29, 0.717) is 21.7 Å². The first kappa shape index (κ1) is 9.68. The van der Waals surface area contributed by atoms with E-state index >= 15 is 0 Å². The molecule has 0 atom stereocenters. The van der Waals surface area contributed by atoms with Gasteiger partial charge in [-0.1, -0.05) is 0 Å². The van der Waals surface area contributed by atoms with E-state index in [1.165, 1.54) is 11.8 Å². The molecule has 0 aromatic carbocycles. The largest absolute Gasteiger partial charge is 0.416 e. The van der Waals surface area contributed by atoms with Gasteiger partial charge in [0.25, 0.3) is 5.22 Å². The maximum atomic E-state index is 8.69. The maximum absolute atomic E-state index is 8.69. The molecular weight excluding hydrogens is 212 g/mol. The number of nitriles is 1. The van der Waals surface area contributed by atoms with Gasteiger partial charge in [-0.25, -0.2) is 4.98 Å². The van der Waals surface area contributed by atoms with Crippen molar-refractivity contribution in [3.05, 3.63) is 29.8 Å². The normalized spacial score (nSPS) is 9.87. The SMILES string of the molecule is Cc1nnc(Sc2cc(C#N)ccn2)o1. The number of aromatic nitrogens is 3. The number of pyridine rings is 1. The first-order valence-corrected chi connectivity index (χ1v) is 4.93. The smallest absolute Gasteiger partial charge is 0.282 e. The zero-order valence-corrected chi connectivity index (χ0v) is 8.65. The lowest BCUT2D eigenvalue weighted by atomic mass is 10.3. The van der Waals surface area contributed by atoms with Crippen molar-refractivity contribution >= 4 is 11.8 Å². The second kappa shape index (κ2) is 4.11. The van der Waals surface area contributed by atoms with Gasteiger partial charge in [0.2, 0.25) is 5.89 Å². The standard InChI is InChI=1S/C9H6N4OS/c1-6-12-13-9(14-6)15-8-4-7(5-10)2-3-11-8/h2-4H,1H3. The van der Waals surface area contributed by atoms with Crippen LogP contribution in [0.3, 0.4) is 0 Å². The van der Waals surface area contributed by atoms with Crippen LogP contribution in [0.5, 0.6) is 0 Å². The van der Waals surface area contributed by atoms with Crippen molar-refractivity contribution in [3.8, 4) is 6.07 Å². The zero-order valence-electron chi connectivity index (χ0n) is 7.84. The second-order valence-corrected chi connectivity index (χ2v) is 3.66. The average Bonchev–Trinajstić information content (AvgIpc) is 2.64. The molecule has 0 spiro atoms. The predicted molar refractivity (Wildman–Crippen MR) is 52.1 cm³/mol. The van der Waals surface area contributed by atoms with Crippen LogP contribution in [-0.2, 0) is 0 Å². The van der Waals surface area contributed by atoms with Crippen molar-refractivity contribution in [1.82, 2.24) is 15.2 Å². The molecule has 2 rings (SSSR count). The minimum Gasteiger partial charge on any atom is -0.416 e. The molecule has 5 nitrogen and oxygen atoms in total. The van der Waals surface area contributed by atoms with Gasteiger partial charge in [0.05, 0.1) is 11.6 Å². The van der Waals surface area contributed by atoms with Gasteiger partial charge in [0.15, 0.2) is 0 Å². The molecule has 0 saturated heterocycles. The highest BCUT2D eigenvalue weighted by molar-refractivity contribution is 7.99. The van der Waals surface area contributed by atoms with Crippen molar-refractivity contribution in [2.45, 2.75) is 17.2 Å². The molecule has 0 saturated carbocycles. The molecule has 15 heavy (non-hydrogen) atoms. The van der Waals surface area contributed by atoms with Crippen LogP contribution in [0.1, 0.15) is 11.5 Å². The van der Waals surface area contributed by atoms with Crippen LogP contribution in [-0.4, -0.2) is 15.2 Å². The second-order valence-electron chi connectivity index (χ2n) is 2.68. The molecule has 0 bridgehead atoms. The highest BCUT2D eigenvalue weighted by Crippen LogP contribution is 2.24. The fourth-order valence-corrected chi connectivity index (χ4v) is 1.67. The Morgan fingerprint density at radius 3 is 3.00 bits per heavy atom. The summed E-state index contributed by atoms with van der Waals surface area (Å²) in [5, 5.41) is 17.3. The highest BCUT2D eigenvalue weighted by Gasteiger charge is 2.06. The molecule has 0 radical (unpaired) electrons. The van der Waals surface area contributed by atoms with Gasteiger partial charge >= 0.3 is 0 Å². The lowest BCUT2D eigenvalue weighted by Gasteiger charge is -1.94. The Kier molecular flexibility index (Phi) is 2.65. The van der Waals surface area contributed by atoms with Gasteiger partial charge in [0, 0.05) is 13.1 Å². The maximum Gasteiger partial charge on any atom is 0.282 e. The third-order valence-corrected chi connectivity index (χ3v) is 2.34. The summed E-state index contributed by atoms with van der Waals surface area (Å²) in [5.74, 6) is 0.508. The highest BCUT2D eigenvalue weighted by atomic mass is 32.2. The van der Waals surface area contributed by atoms with Gasteiger partial charge in [-0.3, -0.25) is 0 Å². The summed E-state index contributed by atoms with van der Waals surface area (Å²) in [4.78, 5) is 4.08. The van der Waals surface area contributed by atoms with Gasteiger partial charge in [-0.05, 0) is 23.9 Å². The Hall–Kier alpha value is -1.87. The van der Waals surface area contributed by atoms with Gasteiger partial charge in [-0.2, -0.15) is 5.26 Å². The molecule has 2 aromatic heterocycles. The van der Waals surface area contributed by atoms with E-state index in [1.807, 2.05) is 6.07 Å². The van der Waals surface area contributed by atoms with Crippen LogP contribution in [0.25, 0.3) is 0 Å². The number of rotatable bonds is 2. The molecule has 74 valence electrons. The van der Waals surface area contributed by atoms with E-state index in [0.717, 1.165) is 0 Å². The number of nitrogens with zero attached hydrogens (tertiary/aromatic N) is 4. The number of hydrogen-bond acceptors (Lipinski definition) is 6. The van der Waals surface area contributed by atoms with E-state index in [1.54, 1.807) is 25.3 Å². The molecule has 0 unspecified atom stereocenters. The Bertz CT molecular complexity index is 517. The van der Waals surface area contributed by atoms with E-state index in [4.69, 9.17) is 9.68 Å². The molecule has 0 amide bonds. The summed E-state index contributed by atoms with van der Waals surface area (Å²) in [6.45, 7) is 1.72. The van der Waals surface area contributed by atoms with Crippen LogP contribution >= 0.6 is 11.8 Å². The first-order chi connectivity index (χ1) is 7.28. The minimum absolute atomic E-state index is 0.426. The fraction of sp³-hybridized carbons (Fsp3) is 0.111. The Morgan fingerprint density at radius 2 is 2.33 bits per heavy atom. The van der Waals surface area contributed by atoms with Crippen molar-refractivity contribution in [3.63, 3.8) is 0 Å². The summed E-state index contributed by atoms with van der Waals surface area (Å²) in [5.41, 5.74) is 0.559. The molecule has 2 heterocycles. The lowest BCUT2D eigenvalue weighted by molar-refractivity contribution is 0.429. The van der Waals surface area contributed by atoms with Gasteiger partial charge in [0.1, 0.15) is 5.03 Å². The molecule has 0 aliphatic carbocycles. The van der Waals surface area contributed by atoms with Crippen LogP contribution < -0.4 is 0 Å². The summed E-state index contributed by atoms with van der Waals surface area (Å²) < 4.78 is 5.18. The molecule has 0 aliphatic heterocycles. The van der Waals surface area contributed by atoms with E-state index < -0.39 is 0 Å². The van der Waals surface area contributed by atoms with Crippen LogP contribution in [0.2, 0.25) is 0 Å². The number of hydrogen-bond donors (Lipinski definition) is 0. The Morgan fingerprint density at radius 1 is 1.47 bits per heavy atom. The van der Waals surface area contributed by atoms with Crippen LogP contribution in [0, 0.1) is 18.3 Å². The van der Waals surface area contributed by atoms with Crippen molar-refractivity contribution in [2.75, 3.05) is 0 Å². The monoisotopic (exact) mass is 218 g/mol. The molecule has 0 fully saturated rings.